The Bertz CT molecular complexity index is 357. The second-order valence-corrected chi connectivity index (χ2v) is 2.73. The largest absolute Gasteiger partial charge is 0.278 e. The first-order valence-corrected chi connectivity index (χ1v) is 3.78. The van der Waals surface area contributed by atoms with Crippen LogP contribution in [0.1, 0.15) is 5.56 Å². The molecule has 3 heteroatoms. The molecule has 60 valence electrons. The summed E-state index contributed by atoms with van der Waals surface area (Å²) in [5.41, 5.74) is 7.09. The summed E-state index contributed by atoms with van der Waals surface area (Å²) in [7, 11) is 0. The number of hydrogen-bond acceptors (Lipinski definition) is 2. The third-order valence-corrected chi connectivity index (χ3v) is 1.92. The van der Waals surface area contributed by atoms with Gasteiger partial charge in [0, 0.05) is 17.0 Å². The number of nitrogens with zero attached hydrogens (tertiary/aromatic N) is 1. The molecule has 1 aliphatic heterocycles. The molecule has 1 aliphatic rings. The van der Waals surface area contributed by atoms with E-state index in [9.17, 15) is 4.91 Å². The minimum absolute atomic E-state index is 0.542. The Balaban J connectivity index is 2.59. The van der Waals surface area contributed by atoms with Crippen molar-refractivity contribution in [3.8, 4) is 0 Å². The number of benzene rings is 1. The van der Waals surface area contributed by atoms with Crippen molar-refractivity contribution in [2.45, 2.75) is 6.17 Å². The molecule has 2 N–H and O–H groups in total. The van der Waals surface area contributed by atoms with E-state index < -0.39 is 6.17 Å². The quantitative estimate of drug-likeness (QED) is 0.585. The smallest absolute Gasteiger partial charge is 0.265 e. The highest BCUT2D eigenvalue weighted by Crippen LogP contribution is 2.24. The second kappa shape index (κ2) is 2.53. The lowest BCUT2D eigenvalue weighted by molar-refractivity contribution is -0.493. The maximum atomic E-state index is 11.4. The lowest BCUT2D eigenvalue weighted by atomic mass is 10.1. The van der Waals surface area contributed by atoms with Gasteiger partial charge in [0.05, 0.1) is 10.3 Å². The number of nitrogens with two attached hydrogens (primary N) is 1. The van der Waals surface area contributed by atoms with Crippen molar-refractivity contribution in [2.75, 3.05) is 0 Å². The van der Waals surface area contributed by atoms with Crippen LogP contribution in [0.3, 0.4) is 0 Å². The molecule has 0 saturated heterocycles. The SMILES string of the molecule is NC1C=Cc2ccccc2[N+]1=O. The molecule has 0 saturated carbocycles. The maximum absolute atomic E-state index is 11.4. The van der Waals surface area contributed by atoms with Gasteiger partial charge in [0.2, 0.25) is 0 Å². The van der Waals surface area contributed by atoms with Crippen molar-refractivity contribution in [3.05, 3.63) is 40.8 Å². The highest BCUT2D eigenvalue weighted by atomic mass is 16.3. The lowest BCUT2D eigenvalue weighted by Gasteiger charge is -2.05. The summed E-state index contributed by atoms with van der Waals surface area (Å²) in [6, 6.07) is 7.39. The standard InChI is InChI=1S/C9H9N2O/c10-9-6-5-7-3-1-2-4-8(7)11(9)12/h1-6,9H,10H2/q+1. The third-order valence-electron chi connectivity index (χ3n) is 1.92. The molecule has 1 atom stereocenters. The van der Waals surface area contributed by atoms with Gasteiger partial charge in [-0.25, -0.2) is 0 Å². The van der Waals surface area contributed by atoms with Crippen molar-refractivity contribution in [1.29, 1.82) is 0 Å². The Morgan fingerprint density at radius 1 is 1.33 bits per heavy atom. The first-order valence-electron chi connectivity index (χ1n) is 3.78. The van der Waals surface area contributed by atoms with E-state index in [-0.39, 0.29) is 0 Å². The molecule has 1 aromatic carbocycles. The van der Waals surface area contributed by atoms with Crippen molar-refractivity contribution in [2.24, 2.45) is 5.73 Å². The summed E-state index contributed by atoms with van der Waals surface area (Å²) in [5.74, 6) is 0. The summed E-state index contributed by atoms with van der Waals surface area (Å²) < 4.78 is 0.815. The van der Waals surface area contributed by atoms with Crippen LogP contribution in [0, 0.1) is 4.91 Å². The molecule has 1 aromatic rings. The van der Waals surface area contributed by atoms with E-state index in [1.165, 1.54) is 0 Å². The summed E-state index contributed by atoms with van der Waals surface area (Å²) in [6.45, 7) is 0. The Kier molecular flexibility index (Phi) is 1.52. The van der Waals surface area contributed by atoms with E-state index in [2.05, 4.69) is 0 Å². The molecule has 0 amide bonds. The molecule has 2 rings (SSSR count). The molecule has 0 bridgehead atoms. The van der Waals surface area contributed by atoms with E-state index in [4.69, 9.17) is 5.73 Å². The molecule has 0 aromatic heterocycles. The predicted octanol–water partition coefficient (Wildman–Crippen LogP) is 1.41. The van der Waals surface area contributed by atoms with Gasteiger partial charge in [-0.15, -0.1) is 0 Å². The number of rotatable bonds is 0. The molecule has 0 spiro atoms. The second-order valence-electron chi connectivity index (χ2n) is 2.73. The van der Waals surface area contributed by atoms with Crippen LogP contribution >= 0.6 is 0 Å². The van der Waals surface area contributed by atoms with Crippen LogP contribution in [0.25, 0.3) is 6.08 Å². The van der Waals surface area contributed by atoms with Crippen LogP contribution in [-0.2, 0) is 0 Å². The summed E-state index contributed by atoms with van der Waals surface area (Å²) in [6.07, 6.45) is 3.02. The molecule has 0 fully saturated rings. The van der Waals surface area contributed by atoms with Crippen molar-refractivity contribution in [1.82, 2.24) is 0 Å². The average molecular weight is 161 g/mol. The van der Waals surface area contributed by atoms with Gasteiger partial charge in [-0.05, 0) is 12.1 Å². The topological polar surface area (TPSA) is 46.1 Å². The van der Waals surface area contributed by atoms with Crippen LogP contribution in [0.15, 0.2) is 30.3 Å². The van der Waals surface area contributed by atoms with Crippen molar-refractivity contribution in [3.63, 3.8) is 0 Å². The normalized spacial score (nSPS) is 20.8. The number of hydrogen-bond donors (Lipinski definition) is 1. The van der Waals surface area contributed by atoms with Crippen molar-refractivity contribution >= 4 is 11.8 Å². The van der Waals surface area contributed by atoms with Gasteiger partial charge < -0.3 is 0 Å². The monoisotopic (exact) mass is 161 g/mol. The fourth-order valence-corrected chi connectivity index (χ4v) is 1.27. The summed E-state index contributed by atoms with van der Waals surface area (Å²) in [5, 5.41) is 0. The van der Waals surface area contributed by atoms with Gasteiger partial charge in [0.15, 0.2) is 0 Å². The Labute approximate surface area is 70.1 Å². The summed E-state index contributed by atoms with van der Waals surface area (Å²) in [4.78, 5) is 11.4. The van der Waals surface area contributed by atoms with Gasteiger partial charge in [0.1, 0.15) is 0 Å². The minimum atomic E-state index is -0.542. The molecule has 1 unspecified atom stereocenters. The number of fused-ring (bicyclic) bond motifs is 1. The first-order chi connectivity index (χ1) is 5.79. The van der Waals surface area contributed by atoms with Crippen LogP contribution in [0.4, 0.5) is 5.69 Å². The number of para-hydroxylation sites is 1. The Hall–Kier alpha value is -1.48. The average Bonchev–Trinajstić information content (AvgIpc) is 2.12. The van der Waals surface area contributed by atoms with Gasteiger partial charge in [-0.3, -0.25) is 5.73 Å². The molecular formula is C9H9N2O+. The highest BCUT2D eigenvalue weighted by molar-refractivity contribution is 5.62. The molecule has 0 aliphatic carbocycles. The lowest BCUT2D eigenvalue weighted by Crippen LogP contribution is -2.29. The molecule has 3 nitrogen and oxygen atoms in total. The van der Waals surface area contributed by atoms with Crippen LogP contribution in [-0.4, -0.2) is 10.9 Å². The van der Waals surface area contributed by atoms with E-state index in [1.807, 2.05) is 24.3 Å². The minimum Gasteiger partial charge on any atom is -0.265 e. The van der Waals surface area contributed by atoms with Crippen LogP contribution in [0.5, 0.6) is 0 Å². The third kappa shape index (κ3) is 0.950. The molecule has 0 radical (unpaired) electrons. The van der Waals surface area contributed by atoms with E-state index in [0.717, 1.165) is 10.3 Å². The molecule has 12 heavy (non-hydrogen) atoms. The van der Waals surface area contributed by atoms with Crippen LogP contribution in [0.2, 0.25) is 0 Å². The zero-order chi connectivity index (χ0) is 8.55. The van der Waals surface area contributed by atoms with Gasteiger partial charge in [-0.1, -0.05) is 12.1 Å². The summed E-state index contributed by atoms with van der Waals surface area (Å²) >= 11 is 0. The predicted molar refractivity (Wildman–Crippen MR) is 46.7 cm³/mol. The Morgan fingerprint density at radius 3 is 2.92 bits per heavy atom. The van der Waals surface area contributed by atoms with Crippen LogP contribution < -0.4 is 5.73 Å². The van der Waals surface area contributed by atoms with E-state index >= 15 is 0 Å². The zero-order valence-electron chi connectivity index (χ0n) is 6.47. The van der Waals surface area contributed by atoms with E-state index in [1.54, 1.807) is 12.1 Å². The first kappa shape index (κ1) is 7.18. The van der Waals surface area contributed by atoms with Gasteiger partial charge >= 0.3 is 0 Å². The molecular weight excluding hydrogens is 152 g/mol. The van der Waals surface area contributed by atoms with Gasteiger partial charge in [-0.2, -0.15) is 0 Å². The van der Waals surface area contributed by atoms with E-state index in [0.29, 0.717) is 5.69 Å². The fraction of sp³-hybridized carbons (Fsp3) is 0.111. The highest BCUT2D eigenvalue weighted by Gasteiger charge is 2.26. The fourth-order valence-electron chi connectivity index (χ4n) is 1.27. The number of nitroso groups, excluding NO2 is 1. The Morgan fingerprint density at radius 2 is 2.08 bits per heavy atom. The van der Waals surface area contributed by atoms with Gasteiger partial charge in [0.25, 0.3) is 11.9 Å². The maximum Gasteiger partial charge on any atom is 0.278 e. The van der Waals surface area contributed by atoms with Crippen molar-refractivity contribution < 1.29 is 4.76 Å². The molecule has 1 heterocycles. The zero-order valence-corrected chi connectivity index (χ0v) is 6.47.